The molecule has 10 aromatic heterocycles. The molecule has 10 heterocycles. The zero-order valence-electron chi connectivity index (χ0n) is 67.5. The fourth-order valence-corrected chi connectivity index (χ4v) is 14.7. The Morgan fingerprint density at radius 3 is 0.960 bits per heavy atom. The number of nitrogens with two attached hydrogens (primary N) is 5. The summed E-state index contributed by atoms with van der Waals surface area (Å²) in [5, 5.41) is 16.8. The highest BCUT2D eigenvalue weighted by molar-refractivity contribution is 6.31. The van der Waals surface area contributed by atoms with E-state index in [9.17, 15) is 23.1 Å². The summed E-state index contributed by atoms with van der Waals surface area (Å²) < 4.78 is 41.6. The van der Waals surface area contributed by atoms with Gasteiger partial charge in [-0.3, -0.25) is 29.7 Å². The summed E-state index contributed by atoms with van der Waals surface area (Å²) in [7, 11) is 0. The minimum atomic E-state index is -0.407. The van der Waals surface area contributed by atoms with Crippen molar-refractivity contribution in [2.24, 2.45) is 0 Å². The van der Waals surface area contributed by atoms with Crippen molar-refractivity contribution in [1.82, 2.24) is 74.8 Å². The minimum Gasteiger partial charge on any atom is -0.508 e. The number of nitrogens with one attached hydrogen (secondary N) is 1. The molecule has 0 aliphatic carbocycles. The Kier molecular flexibility index (Phi) is 24.2. The summed E-state index contributed by atoms with van der Waals surface area (Å²) in [6.07, 6.45) is 15.8. The number of aromatic hydroxyl groups is 1. The lowest BCUT2D eigenvalue weighted by atomic mass is 9.97. The zero-order chi connectivity index (χ0) is 87.5. The van der Waals surface area contributed by atoms with Gasteiger partial charge in [0, 0.05) is 131 Å². The molecule has 126 heavy (non-hydrogen) atoms. The Morgan fingerprint density at radius 1 is 0.310 bits per heavy atom. The molecule has 0 fully saturated rings. The number of hydrogen-bond donors (Lipinski definition) is 7. The Balaban J connectivity index is 0.000000116. The van der Waals surface area contributed by atoms with Crippen molar-refractivity contribution in [1.29, 1.82) is 0 Å². The van der Waals surface area contributed by atoms with Crippen LogP contribution in [0.25, 0.3) is 166 Å². The number of fused-ring (bicyclic) bond motifs is 5. The number of carbonyl (C=O) groups excluding carboxylic acids is 1. The molecular formula is C99H73ClF3N21O2. The van der Waals surface area contributed by atoms with Gasteiger partial charge >= 0.3 is 0 Å². The Labute approximate surface area is 723 Å². The summed E-state index contributed by atoms with van der Waals surface area (Å²) in [6, 6.07) is 77.4. The van der Waals surface area contributed by atoms with E-state index >= 15 is 0 Å². The van der Waals surface area contributed by atoms with Crippen LogP contribution < -0.4 is 34.0 Å². The molecule has 0 aliphatic heterocycles. The van der Waals surface area contributed by atoms with Gasteiger partial charge in [-0.15, -0.1) is 0 Å². The highest BCUT2D eigenvalue weighted by Crippen LogP contribution is 2.41. The number of hydrogen-bond acceptors (Lipinski definition) is 22. The first-order valence-corrected chi connectivity index (χ1v) is 39.5. The third-order valence-electron chi connectivity index (χ3n) is 20.4. The zero-order valence-corrected chi connectivity index (χ0v) is 68.2. The largest absolute Gasteiger partial charge is 0.508 e. The number of phenols is 1. The summed E-state index contributed by atoms with van der Waals surface area (Å²) in [5.41, 5.74) is 52.8. The Hall–Kier alpha value is -17.0. The number of halogens is 4. The Bertz CT molecular complexity index is 7320. The molecule has 10 aromatic carbocycles. The third-order valence-corrected chi connectivity index (χ3v) is 20.6. The number of benzene rings is 10. The first-order valence-electron chi connectivity index (χ1n) is 39.2. The van der Waals surface area contributed by atoms with Gasteiger partial charge in [-0.25, -0.2) is 63.0 Å². The van der Waals surface area contributed by atoms with Crippen molar-refractivity contribution in [2.75, 3.05) is 34.0 Å². The van der Waals surface area contributed by atoms with Crippen molar-refractivity contribution in [3.63, 3.8) is 0 Å². The molecule has 1 amide bonds. The fourth-order valence-electron chi connectivity index (χ4n) is 14.5. The molecule has 12 N–H and O–H groups in total. The van der Waals surface area contributed by atoms with Crippen LogP contribution in [0.5, 0.6) is 5.75 Å². The topological polar surface area (TPSA) is 373 Å². The average Bonchev–Trinajstić information content (AvgIpc) is 0.810. The van der Waals surface area contributed by atoms with Crippen LogP contribution in [0.4, 0.5) is 47.9 Å². The minimum absolute atomic E-state index is 0.113. The van der Waals surface area contributed by atoms with Crippen LogP contribution in [0.2, 0.25) is 5.02 Å². The van der Waals surface area contributed by atoms with E-state index in [0.717, 1.165) is 166 Å². The SMILES string of the molecule is CC(=O)Nc1cccc(-c2ncccc2-c2ccc3ncnc(N)c3c2)c1.Cc1cc(F)cc(-c2ncccc2-c2ccc3ncnc(N)c3c2)c1.Cc1ccc(-c2ncccc2-c2ccc3ncnc(N)c3c2)cc1F.Nc1ncnc2ccc(-c3cccnc3-c3cc(F)cc(Cl)c3)cc12.Nc1ncnc2ccc(-c3cccnc3-c3cccc(O)c3)cc12. The standard InChI is InChI=1S/C21H17N5O.2C20H15FN4.C19H12ClFN4.C19H14N4O/c1-13(27)26-16-5-2-4-15(10-16)20-17(6-3-9-23-20)14-7-8-19-18(11-14)21(22)25-12-24-19;1-12-4-5-14(10-17(12)21)19-15(3-2-8-23-19)13-6-7-18-16(9-13)20(22)25-11-24-18;1-12-7-14(9-15(21)8-12)19-16(3-2-6-23-19)13-4-5-18-17(10-13)20(22)25-11-24-18;20-13-6-12(7-14(21)9-13)18-15(2-1-5-23-18)11-3-4-17-16(8-11)19(22)25-10-24-17;20-19-16-10-12(6-7-17(16)22-11-23-19)15-5-2-8-21-18(15)13-3-1-4-14(24)9-13/h2-12H,1H3,(H,26,27)(H2,22,24,25);2*2-11H,1H3,(H2,22,24,25);1-10H,(H2,22,24,25);1-11,24H,(H2,20,22,23). The van der Waals surface area contributed by atoms with Crippen LogP contribution in [-0.2, 0) is 4.79 Å². The number of pyridine rings is 5. The van der Waals surface area contributed by atoms with Crippen LogP contribution in [0.3, 0.4) is 0 Å². The highest BCUT2D eigenvalue weighted by atomic mass is 35.5. The lowest BCUT2D eigenvalue weighted by Crippen LogP contribution is -2.05. The van der Waals surface area contributed by atoms with Gasteiger partial charge in [-0.1, -0.05) is 109 Å². The highest BCUT2D eigenvalue weighted by Gasteiger charge is 2.19. The first kappa shape index (κ1) is 82.7. The molecule has 0 atom stereocenters. The predicted molar refractivity (Wildman–Crippen MR) is 493 cm³/mol. The van der Waals surface area contributed by atoms with Crippen LogP contribution >= 0.6 is 11.6 Å². The molecule has 0 radical (unpaired) electrons. The molecule has 0 aliphatic rings. The maximum atomic E-state index is 14.0. The second kappa shape index (κ2) is 36.9. The predicted octanol–water partition coefficient (Wildman–Crippen LogP) is 21.1. The number of aromatic nitrogens is 15. The van der Waals surface area contributed by atoms with Crippen molar-refractivity contribution < 1.29 is 23.1 Å². The van der Waals surface area contributed by atoms with E-state index in [-0.39, 0.29) is 23.3 Å². The summed E-state index contributed by atoms with van der Waals surface area (Å²) in [4.78, 5) is 75.2. The quantitative estimate of drug-likeness (QED) is 0.0632. The molecule has 614 valence electrons. The number of rotatable bonds is 11. The van der Waals surface area contributed by atoms with Crippen LogP contribution in [0, 0.1) is 31.3 Å². The lowest BCUT2D eigenvalue weighted by molar-refractivity contribution is -0.114. The molecule has 20 rings (SSSR count). The van der Waals surface area contributed by atoms with Crippen molar-refractivity contribution >= 4 is 107 Å². The molecule has 0 spiro atoms. The first-order chi connectivity index (χ1) is 61.2. The number of carbonyl (C=O) groups is 1. The van der Waals surface area contributed by atoms with E-state index in [0.29, 0.717) is 50.9 Å². The molecule has 20 aromatic rings. The summed E-state index contributed by atoms with van der Waals surface area (Å²) >= 11 is 6.00. The number of nitrogen functional groups attached to an aromatic ring is 5. The number of anilines is 6. The normalized spacial score (nSPS) is 10.9. The van der Waals surface area contributed by atoms with E-state index in [1.807, 2.05) is 201 Å². The monoisotopic (exact) mass is 1680 g/mol. The van der Waals surface area contributed by atoms with Gasteiger partial charge in [0.25, 0.3) is 0 Å². The smallest absolute Gasteiger partial charge is 0.221 e. The molecule has 0 bridgehead atoms. The van der Waals surface area contributed by atoms with E-state index < -0.39 is 5.82 Å². The van der Waals surface area contributed by atoms with Gasteiger partial charge in [0.2, 0.25) is 5.91 Å². The van der Waals surface area contributed by atoms with E-state index in [4.69, 9.17) is 40.3 Å². The van der Waals surface area contributed by atoms with Gasteiger partial charge in [-0.2, -0.15) is 0 Å². The van der Waals surface area contributed by atoms with Gasteiger partial charge in [0.1, 0.15) is 83.9 Å². The molecule has 0 saturated heterocycles. The van der Waals surface area contributed by atoms with E-state index in [1.165, 1.54) is 68.9 Å². The van der Waals surface area contributed by atoms with Crippen molar-refractivity contribution in [2.45, 2.75) is 20.8 Å². The number of phenolic OH excluding ortho intramolecular Hbond substituents is 1. The van der Waals surface area contributed by atoms with Crippen LogP contribution in [0.1, 0.15) is 18.1 Å². The number of aryl methyl sites for hydroxylation is 2. The molecular weight excluding hydrogens is 1610 g/mol. The van der Waals surface area contributed by atoms with E-state index in [1.54, 1.807) is 68.2 Å². The van der Waals surface area contributed by atoms with Gasteiger partial charge in [-0.05, 0) is 211 Å². The third kappa shape index (κ3) is 18.6. The summed E-state index contributed by atoms with van der Waals surface area (Å²) in [5.74, 6) is 1.33. The molecule has 0 unspecified atom stereocenters. The van der Waals surface area contributed by atoms with Crippen LogP contribution in [0.15, 0.2) is 317 Å². The summed E-state index contributed by atoms with van der Waals surface area (Å²) in [6.45, 7) is 5.09. The molecule has 27 heteroatoms. The Morgan fingerprint density at radius 2 is 0.627 bits per heavy atom. The lowest BCUT2D eigenvalue weighted by Gasteiger charge is -2.11. The second-order valence-electron chi connectivity index (χ2n) is 28.9. The maximum Gasteiger partial charge on any atom is 0.221 e. The van der Waals surface area contributed by atoms with Crippen molar-refractivity contribution in [3.8, 4) is 118 Å². The number of nitrogens with zero attached hydrogens (tertiary/aromatic N) is 15. The van der Waals surface area contributed by atoms with E-state index in [2.05, 4.69) is 80.1 Å². The van der Waals surface area contributed by atoms with Gasteiger partial charge in [0.05, 0.1) is 56.1 Å². The molecule has 23 nitrogen and oxygen atoms in total. The average molecular weight is 1680 g/mol. The number of amides is 1. The second-order valence-corrected chi connectivity index (χ2v) is 29.3. The van der Waals surface area contributed by atoms with Gasteiger partial charge < -0.3 is 39.1 Å². The van der Waals surface area contributed by atoms with Gasteiger partial charge in [0.15, 0.2) is 0 Å². The van der Waals surface area contributed by atoms with Crippen LogP contribution in [-0.4, -0.2) is 85.8 Å². The van der Waals surface area contributed by atoms with Crippen molar-refractivity contribution in [3.05, 3.63) is 351 Å². The fraction of sp³-hybridized carbons (Fsp3) is 0.0303. The molecule has 0 saturated carbocycles. The maximum absolute atomic E-state index is 14.0.